The molecule has 0 saturated heterocycles. The molecule has 1 aromatic carbocycles. The van der Waals surface area contributed by atoms with Gasteiger partial charge in [0.1, 0.15) is 5.76 Å². The first-order valence-electron chi connectivity index (χ1n) is 6.80. The van der Waals surface area contributed by atoms with Crippen LogP contribution in [-0.4, -0.2) is 21.9 Å². The molecule has 0 bridgehead atoms. The summed E-state index contributed by atoms with van der Waals surface area (Å²) < 4.78 is 5.22. The van der Waals surface area contributed by atoms with Gasteiger partial charge in [-0.2, -0.15) is 5.26 Å². The van der Waals surface area contributed by atoms with Crippen LogP contribution in [0.2, 0.25) is 0 Å². The molecule has 0 aliphatic heterocycles. The zero-order chi connectivity index (χ0) is 16.7. The first-order valence-corrected chi connectivity index (χ1v) is 6.80. The third kappa shape index (κ3) is 4.32. The first kappa shape index (κ1) is 16.0. The molecule has 1 unspecified atom stereocenters. The van der Waals surface area contributed by atoms with Crippen molar-refractivity contribution in [3.63, 3.8) is 0 Å². The number of nitriles is 1. The molecule has 1 heterocycles. The maximum atomic E-state index is 12.3. The topological polar surface area (TPSA) is 94.5 Å². The zero-order valence-corrected chi connectivity index (χ0v) is 12.1. The van der Waals surface area contributed by atoms with E-state index in [0.29, 0.717) is 5.76 Å². The van der Waals surface area contributed by atoms with E-state index in [2.05, 4.69) is 0 Å². The molecular weight excluding hydrogens is 296 g/mol. The number of aliphatic carboxylic acids is 1. The number of benzene rings is 1. The third-order valence-corrected chi connectivity index (χ3v) is 3.09. The van der Waals surface area contributed by atoms with E-state index in [1.807, 2.05) is 36.4 Å². The molecular formula is C17H14N2O4. The van der Waals surface area contributed by atoms with Crippen LogP contribution in [-0.2, 0) is 16.1 Å². The first-order chi connectivity index (χ1) is 11.1. The lowest BCUT2D eigenvalue weighted by Gasteiger charge is -2.25. The Bertz CT molecular complexity index is 730. The number of carboxylic acids is 1. The number of carbonyl (C=O) groups excluding carboxylic acids is 1. The van der Waals surface area contributed by atoms with Crippen LogP contribution in [0.4, 0.5) is 0 Å². The lowest BCUT2D eigenvalue weighted by molar-refractivity contribution is -0.132. The maximum Gasteiger partial charge on any atom is 0.328 e. The third-order valence-electron chi connectivity index (χ3n) is 3.09. The van der Waals surface area contributed by atoms with Gasteiger partial charge in [0.25, 0.3) is 0 Å². The van der Waals surface area contributed by atoms with Gasteiger partial charge in [-0.05, 0) is 17.7 Å². The maximum absolute atomic E-state index is 12.3. The Hall–Kier alpha value is -3.33. The van der Waals surface area contributed by atoms with Crippen LogP contribution >= 0.6 is 0 Å². The Morgan fingerprint density at radius 2 is 1.96 bits per heavy atom. The normalized spacial score (nSPS) is 11.8. The molecule has 0 spiro atoms. The lowest BCUT2D eigenvalue weighted by Crippen LogP contribution is -2.32. The molecule has 1 N–H and O–H groups in total. The molecule has 1 aromatic heterocycles. The van der Waals surface area contributed by atoms with E-state index in [1.54, 1.807) is 12.1 Å². The molecule has 6 nitrogen and oxygen atoms in total. The van der Waals surface area contributed by atoms with Crippen molar-refractivity contribution in [2.75, 3.05) is 0 Å². The Morgan fingerprint density at radius 3 is 2.52 bits per heavy atom. The average Bonchev–Trinajstić information content (AvgIpc) is 3.07. The summed E-state index contributed by atoms with van der Waals surface area (Å²) in [6.45, 7) is 0.155. The SMILES string of the molecule is N#CC(c1ccco1)N(Cc1ccccc1)C(=O)/C=C/C(=O)O. The zero-order valence-electron chi connectivity index (χ0n) is 12.1. The number of nitrogens with zero attached hydrogens (tertiary/aromatic N) is 2. The van der Waals surface area contributed by atoms with E-state index in [-0.39, 0.29) is 6.54 Å². The van der Waals surface area contributed by atoms with Gasteiger partial charge >= 0.3 is 5.97 Å². The summed E-state index contributed by atoms with van der Waals surface area (Å²) in [4.78, 5) is 24.2. The smallest absolute Gasteiger partial charge is 0.328 e. The van der Waals surface area contributed by atoms with Crippen molar-refractivity contribution in [2.45, 2.75) is 12.6 Å². The van der Waals surface area contributed by atoms with E-state index in [4.69, 9.17) is 9.52 Å². The van der Waals surface area contributed by atoms with Gasteiger partial charge in [-0.25, -0.2) is 4.79 Å². The van der Waals surface area contributed by atoms with Crippen molar-refractivity contribution in [1.82, 2.24) is 4.90 Å². The number of hydrogen-bond donors (Lipinski definition) is 1. The highest BCUT2D eigenvalue weighted by Gasteiger charge is 2.26. The summed E-state index contributed by atoms with van der Waals surface area (Å²) in [5.41, 5.74) is 0.816. The molecule has 0 radical (unpaired) electrons. The molecule has 6 heteroatoms. The van der Waals surface area contributed by atoms with Gasteiger partial charge in [0.05, 0.1) is 12.3 Å². The Labute approximate surface area is 132 Å². The van der Waals surface area contributed by atoms with E-state index in [9.17, 15) is 14.9 Å². The van der Waals surface area contributed by atoms with Crippen LogP contribution in [0.15, 0.2) is 65.3 Å². The number of amides is 1. The van der Waals surface area contributed by atoms with Crippen LogP contribution in [0.5, 0.6) is 0 Å². The predicted octanol–water partition coefficient (Wildman–Crippen LogP) is 2.51. The summed E-state index contributed by atoms with van der Waals surface area (Å²) in [7, 11) is 0. The van der Waals surface area contributed by atoms with Gasteiger partial charge in [0, 0.05) is 18.7 Å². The van der Waals surface area contributed by atoms with E-state index >= 15 is 0 Å². The van der Waals surface area contributed by atoms with Crippen molar-refractivity contribution in [3.05, 3.63) is 72.2 Å². The fraction of sp³-hybridized carbons (Fsp3) is 0.118. The molecule has 0 aliphatic rings. The van der Waals surface area contributed by atoms with Gasteiger partial charge < -0.3 is 14.4 Å². The number of hydrogen-bond acceptors (Lipinski definition) is 4. The summed E-state index contributed by atoms with van der Waals surface area (Å²) >= 11 is 0. The highest BCUT2D eigenvalue weighted by atomic mass is 16.4. The molecule has 0 saturated carbocycles. The average molecular weight is 310 g/mol. The Morgan fingerprint density at radius 1 is 1.22 bits per heavy atom. The van der Waals surface area contributed by atoms with Crippen molar-refractivity contribution in [1.29, 1.82) is 5.26 Å². The summed E-state index contributed by atoms with van der Waals surface area (Å²) in [5, 5.41) is 18.1. The molecule has 23 heavy (non-hydrogen) atoms. The summed E-state index contributed by atoms with van der Waals surface area (Å²) in [6.07, 6.45) is 3.09. The second-order valence-electron chi connectivity index (χ2n) is 4.67. The minimum Gasteiger partial charge on any atom is -0.478 e. The molecule has 2 rings (SSSR count). The van der Waals surface area contributed by atoms with Crippen molar-refractivity contribution in [2.24, 2.45) is 0 Å². The van der Waals surface area contributed by atoms with Crippen LogP contribution in [0, 0.1) is 11.3 Å². The fourth-order valence-corrected chi connectivity index (χ4v) is 2.05. The Balaban J connectivity index is 2.32. The highest BCUT2D eigenvalue weighted by Crippen LogP contribution is 2.23. The van der Waals surface area contributed by atoms with E-state index in [1.165, 1.54) is 11.2 Å². The van der Waals surface area contributed by atoms with Crippen LogP contribution in [0.25, 0.3) is 0 Å². The number of furan rings is 1. The second-order valence-corrected chi connectivity index (χ2v) is 4.67. The van der Waals surface area contributed by atoms with Crippen LogP contribution in [0.1, 0.15) is 17.4 Å². The molecule has 0 aliphatic carbocycles. The van der Waals surface area contributed by atoms with E-state index in [0.717, 1.165) is 17.7 Å². The quantitative estimate of drug-likeness (QED) is 0.827. The summed E-state index contributed by atoms with van der Waals surface area (Å²) in [6, 6.07) is 13.4. The van der Waals surface area contributed by atoms with Gasteiger partial charge in [-0.15, -0.1) is 0 Å². The van der Waals surface area contributed by atoms with E-state index < -0.39 is 17.9 Å². The van der Waals surface area contributed by atoms with Crippen molar-refractivity contribution < 1.29 is 19.1 Å². The largest absolute Gasteiger partial charge is 0.478 e. The number of carboxylic acid groups (broad SMARTS) is 1. The minimum absolute atomic E-state index is 0.155. The van der Waals surface area contributed by atoms with Gasteiger partial charge in [-0.3, -0.25) is 4.79 Å². The van der Waals surface area contributed by atoms with Gasteiger partial charge in [0.15, 0.2) is 6.04 Å². The summed E-state index contributed by atoms with van der Waals surface area (Å²) in [5.74, 6) is -1.50. The molecule has 1 amide bonds. The number of rotatable bonds is 6. The Kier molecular flexibility index (Phi) is 5.31. The van der Waals surface area contributed by atoms with Crippen molar-refractivity contribution >= 4 is 11.9 Å². The lowest BCUT2D eigenvalue weighted by atomic mass is 10.1. The standard InChI is InChI=1S/C17H14N2O4/c18-11-14(15-7-4-10-23-15)19(16(20)8-9-17(21)22)12-13-5-2-1-3-6-13/h1-10,14H,12H2,(H,21,22)/b9-8+. The van der Waals surface area contributed by atoms with Gasteiger partial charge in [-0.1, -0.05) is 30.3 Å². The second kappa shape index (κ2) is 7.61. The minimum atomic E-state index is -1.23. The number of carbonyl (C=O) groups is 2. The predicted molar refractivity (Wildman–Crippen MR) is 80.8 cm³/mol. The molecule has 116 valence electrons. The van der Waals surface area contributed by atoms with Gasteiger partial charge in [0.2, 0.25) is 5.91 Å². The van der Waals surface area contributed by atoms with Crippen LogP contribution < -0.4 is 0 Å². The molecule has 2 aromatic rings. The molecule has 1 atom stereocenters. The highest BCUT2D eigenvalue weighted by molar-refractivity contribution is 5.94. The molecule has 0 fully saturated rings. The fourth-order valence-electron chi connectivity index (χ4n) is 2.05. The van der Waals surface area contributed by atoms with Crippen LogP contribution in [0.3, 0.4) is 0 Å². The monoisotopic (exact) mass is 310 g/mol. The van der Waals surface area contributed by atoms with Crippen molar-refractivity contribution in [3.8, 4) is 6.07 Å².